The summed E-state index contributed by atoms with van der Waals surface area (Å²) in [5.41, 5.74) is 0.692. The van der Waals surface area contributed by atoms with Crippen molar-refractivity contribution >= 4 is 18.2 Å². The lowest BCUT2D eigenvalue weighted by molar-refractivity contribution is -0.136. The molecule has 1 aromatic heterocycles. The molecule has 1 atom stereocenters. The molecular weight excluding hydrogens is 317 g/mol. The van der Waals surface area contributed by atoms with Gasteiger partial charge in [0.15, 0.2) is 16.4 Å². The van der Waals surface area contributed by atoms with Crippen molar-refractivity contribution in [2.45, 2.75) is 25.3 Å². The molecule has 0 bridgehead atoms. The molecule has 2 heterocycles. The fourth-order valence-corrected chi connectivity index (χ4v) is 3.21. The van der Waals surface area contributed by atoms with Crippen LogP contribution in [-0.4, -0.2) is 20.6 Å². The molecule has 1 aromatic carbocycles. The Morgan fingerprint density at radius 1 is 1.36 bits per heavy atom. The molecule has 0 aliphatic carbocycles. The second-order valence-electron chi connectivity index (χ2n) is 5.19. The molecule has 1 unspecified atom stereocenters. The summed E-state index contributed by atoms with van der Waals surface area (Å²) in [6, 6.07) is 1.63. The third-order valence-corrected chi connectivity index (χ3v) is 4.16. The van der Waals surface area contributed by atoms with Crippen molar-refractivity contribution in [1.82, 2.24) is 9.55 Å². The van der Waals surface area contributed by atoms with Crippen LogP contribution >= 0.6 is 12.2 Å². The lowest BCUT2D eigenvalue weighted by Gasteiger charge is -2.12. The largest absolute Gasteiger partial charge is 0.481 e. The Morgan fingerprint density at radius 2 is 2.05 bits per heavy atom. The van der Waals surface area contributed by atoms with Gasteiger partial charge in [0.25, 0.3) is 0 Å². The number of halogens is 3. The SMILES string of the molecule is O=C(O)Cc1[nH]c(=S)n2c1CC(c1c(F)ccc(F)c1F)C2. The van der Waals surface area contributed by atoms with E-state index >= 15 is 0 Å². The van der Waals surface area contributed by atoms with Crippen molar-refractivity contribution in [3.8, 4) is 0 Å². The smallest absolute Gasteiger partial charge is 0.309 e. The number of carboxylic acids is 1. The second kappa shape index (κ2) is 5.28. The van der Waals surface area contributed by atoms with E-state index in [9.17, 15) is 18.0 Å². The van der Waals surface area contributed by atoms with E-state index in [2.05, 4.69) is 4.98 Å². The fraction of sp³-hybridized carbons (Fsp3) is 0.286. The number of nitrogens with one attached hydrogen (secondary N) is 1. The van der Waals surface area contributed by atoms with Crippen molar-refractivity contribution in [2.75, 3.05) is 0 Å². The Hall–Kier alpha value is -2.09. The number of imidazole rings is 1. The van der Waals surface area contributed by atoms with Crippen LogP contribution in [0, 0.1) is 22.2 Å². The number of rotatable bonds is 3. The van der Waals surface area contributed by atoms with E-state index in [1.807, 2.05) is 0 Å². The monoisotopic (exact) mass is 328 g/mol. The Morgan fingerprint density at radius 3 is 2.73 bits per heavy atom. The van der Waals surface area contributed by atoms with Crippen LogP contribution in [0.4, 0.5) is 13.2 Å². The van der Waals surface area contributed by atoms with Crippen LogP contribution in [0.5, 0.6) is 0 Å². The zero-order valence-corrected chi connectivity index (χ0v) is 12.0. The first-order valence-electron chi connectivity index (χ1n) is 6.54. The summed E-state index contributed by atoms with van der Waals surface area (Å²) in [4.78, 5) is 13.6. The first-order valence-corrected chi connectivity index (χ1v) is 6.95. The van der Waals surface area contributed by atoms with Crippen LogP contribution in [0.2, 0.25) is 0 Å². The van der Waals surface area contributed by atoms with Gasteiger partial charge in [0.2, 0.25) is 0 Å². The summed E-state index contributed by atoms with van der Waals surface area (Å²) < 4.78 is 43.0. The molecule has 2 aromatic rings. The minimum absolute atomic E-state index is 0.182. The van der Waals surface area contributed by atoms with Gasteiger partial charge in [-0.15, -0.1) is 0 Å². The highest BCUT2D eigenvalue weighted by Gasteiger charge is 2.32. The molecule has 0 radical (unpaired) electrons. The maximum absolute atomic E-state index is 13.9. The summed E-state index contributed by atoms with van der Waals surface area (Å²) in [6.07, 6.45) is -0.0557. The number of H-pyrrole nitrogens is 1. The van der Waals surface area contributed by atoms with E-state index < -0.39 is 29.3 Å². The van der Waals surface area contributed by atoms with Gasteiger partial charge >= 0.3 is 5.97 Å². The lowest BCUT2D eigenvalue weighted by Crippen LogP contribution is -2.09. The number of carboxylic acid groups (broad SMARTS) is 1. The van der Waals surface area contributed by atoms with Crippen molar-refractivity contribution in [2.24, 2.45) is 0 Å². The summed E-state index contributed by atoms with van der Waals surface area (Å²) in [5.74, 6) is -4.78. The van der Waals surface area contributed by atoms with Crippen molar-refractivity contribution < 1.29 is 23.1 Å². The number of hydrogen-bond donors (Lipinski definition) is 2. The number of aromatic nitrogens is 2. The van der Waals surface area contributed by atoms with Gasteiger partial charge in [0.05, 0.1) is 6.42 Å². The van der Waals surface area contributed by atoms with Gasteiger partial charge in [-0.1, -0.05) is 0 Å². The van der Waals surface area contributed by atoms with Gasteiger partial charge in [0, 0.05) is 29.4 Å². The Balaban J connectivity index is 2.01. The number of carbonyl (C=O) groups is 1. The van der Waals surface area contributed by atoms with Crippen LogP contribution in [0.3, 0.4) is 0 Å². The van der Waals surface area contributed by atoms with Gasteiger partial charge in [-0.05, 0) is 30.8 Å². The second-order valence-corrected chi connectivity index (χ2v) is 5.58. The van der Waals surface area contributed by atoms with Crippen LogP contribution in [0.15, 0.2) is 12.1 Å². The standard InChI is InChI=1S/C14H11F3N2O2S/c15-7-1-2-8(16)13(17)12(7)6-3-10-9(4-11(20)21)18-14(22)19(10)5-6/h1-2,6H,3-5H2,(H,18,22)(H,20,21). The van der Waals surface area contributed by atoms with E-state index in [1.165, 1.54) is 0 Å². The molecule has 22 heavy (non-hydrogen) atoms. The van der Waals surface area contributed by atoms with Crippen molar-refractivity contribution in [3.63, 3.8) is 0 Å². The predicted molar refractivity (Wildman–Crippen MR) is 73.7 cm³/mol. The van der Waals surface area contributed by atoms with Gasteiger partial charge in [-0.2, -0.15) is 0 Å². The van der Waals surface area contributed by atoms with Gasteiger partial charge in [0.1, 0.15) is 5.82 Å². The molecule has 1 aliphatic heterocycles. The molecule has 3 rings (SSSR count). The maximum atomic E-state index is 13.9. The van der Waals surface area contributed by atoms with E-state index in [0.29, 0.717) is 16.2 Å². The van der Waals surface area contributed by atoms with E-state index in [0.717, 1.165) is 12.1 Å². The van der Waals surface area contributed by atoms with Crippen molar-refractivity contribution in [3.05, 3.63) is 51.3 Å². The zero-order chi connectivity index (χ0) is 16.0. The fourth-order valence-electron chi connectivity index (χ4n) is 2.91. The highest BCUT2D eigenvalue weighted by atomic mass is 32.1. The van der Waals surface area contributed by atoms with Gasteiger partial charge in [-0.25, -0.2) is 13.2 Å². The number of fused-ring (bicyclic) bond motifs is 1. The van der Waals surface area contributed by atoms with Crippen LogP contribution < -0.4 is 0 Å². The van der Waals surface area contributed by atoms with Crippen LogP contribution in [-0.2, 0) is 24.2 Å². The van der Waals surface area contributed by atoms with Crippen LogP contribution in [0.1, 0.15) is 22.9 Å². The molecule has 2 N–H and O–H groups in total. The topological polar surface area (TPSA) is 58.0 Å². The normalized spacial score (nSPS) is 16.8. The summed E-state index contributed by atoms with van der Waals surface area (Å²) in [5, 5.41) is 8.88. The third kappa shape index (κ3) is 2.33. The number of aromatic amines is 1. The summed E-state index contributed by atoms with van der Waals surface area (Å²) >= 11 is 5.10. The molecule has 0 saturated carbocycles. The van der Waals surface area contributed by atoms with Crippen molar-refractivity contribution in [1.29, 1.82) is 0 Å². The molecule has 0 saturated heterocycles. The molecule has 0 spiro atoms. The third-order valence-electron chi connectivity index (χ3n) is 3.84. The first kappa shape index (κ1) is 14.8. The average Bonchev–Trinajstić information content (AvgIpc) is 2.97. The van der Waals surface area contributed by atoms with E-state index in [4.69, 9.17) is 17.3 Å². The minimum atomic E-state index is -1.20. The lowest BCUT2D eigenvalue weighted by atomic mass is 9.95. The van der Waals surface area contributed by atoms with E-state index in [1.54, 1.807) is 4.57 Å². The van der Waals surface area contributed by atoms with Gasteiger partial charge < -0.3 is 14.7 Å². The number of benzene rings is 1. The highest BCUT2D eigenvalue weighted by molar-refractivity contribution is 7.71. The summed E-state index contributed by atoms with van der Waals surface area (Å²) in [6.45, 7) is 0.182. The Bertz CT molecular complexity index is 828. The molecule has 8 heteroatoms. The zero-order valence-electron chi connectivity index (χ0n) is 11.2. The first-order chi connectivity index (χ1) is 10.4. The Labute approximate surface area is 128 Å². The molecule has 0 amide bonds. The quantitative estimate of drug-likeness (QED) is 0.673. The minimum Gasteiger partial charge on any atom is -0.481 e. The summed E-state index contributed by atoms with van der Waals surface area (Å²) in [7, 11) is 0. The molecule has 4 nitrogen and oxygen atoms in total. The molecule has 1 aliphatic rings. The maximum Gasteiger partial charge on any atom is 0.309 e. The molecule has 116 valence electrons. The predicted octanol–water partition coefficient (Wildman–Crippen LogP) is 2.93. The van der Waals surface area contributed by atoms with Gasteiger partial charge in [-0.3, -0.25) is 4.79 Å². The van der Waals surface area contributed by atoms with Crippen LogP contribution in [0.25, 0.3) is 0 Å². The number of aliphatic carboxylic acids is 1. The Kier molecular flexibility index (Phi) is 3.56. The molecular formula is C14H11F3N2O2S. The molecule has 0 fully saturated rings. The number of hydrogen-bond acceptors (Lipinski definition) is 2. The average molecular weight is 328 g/mol. The van der Waals surface area contributed by atoms with E-state index in [-0.39, 0.29) is 24.9 Å². The highest BCUT2D eigenvalue weighted by Crippen LogP contribution is 2.35. The number of nitrogens with zero attached hydrogens (tertiary/aromatic N) is 1.